The van der Waals surface area contributed by atoms with Crippen LogP contribution >= 0.6 is 11.8 Å². The highest BCUT2D eigenvalue weighted by Gasteiger charge is 2.20. The van der Waals surface area contributed by atoms with Crippen molar-refractivity contribution >= 4 is 11.8 Å². The maximum Gasteiger partial charge on any atom is 0.00695 e. The monoisotopic (exact) mass is 215 g/mol. The molecule has 2 atom stereocenters. The lowest BCUT2D eigenvalue weighted by atomic mass is 9.84. The molecule has 1 fully saturated rings. The van der Waals surface area contributed by atoms with Crippen LogP contribution in [-0.2, 0) is 0 Å². The van der Waals surface area contributed by atoms with Crippen molar-refractivity contribution in [1.82, 2.24) is 5.32 Å². The third-order valence-electron chi connectivity index (χ3n) is 3.15. The van der Waals surface area contributed by atoms with Crippen molar-refractivity contribution < 1.29 is 0 Å². The summed E-state index contributed by atoms with van der Waals surface area (Å²) in [6, 6.07) is 0.824. The predicted molar refractivity (Wildman–Crippen MR) is 67.0 cm³/mol. The number of hydrogen-bond donors (Lipinski definition) is 1. The summed E-state index contributed by atoms with van der Waals surface area (Å²) in [4.78, 5) is 0. The minimum absolute atomic E-state index is 0.824. The van der Waals surface area contributed by atoms with Crippen LogP contribution in [0.25, 0.3) is 0 Å². The van der Waals surface area contributed by atoms with Crippen LogP contribution in [0.2, 0.25) is 0 Å². The summed E-state index contributed by atoms with van der Waals surface area (Å²) in [5, 5.41) is 3.60. The Hall–Kier alpha value is 0.310. The molecular formula is C12H25NS. The summed E-state index contributed by atoms with van der Waals surface area (Å²) in [7, 11) is 0. The molecule has 0 spiro atoms. The van der Waals surface area contributed by atoms with E-state index in [1.54, 1.807) is 0 Å². The van der Waals surface area contributed by atoms with Gasteiger partial charge < -0.3 is 5.32 Å². The quantitative estimate of drug-likeness (QED) is 0.682. The van der Waals surface area contributed by atoms with Crippen molar-refractivity contribution in [1.29, 1.82) is 0 Å². The van der Waals surface area contributed by atoms with E-state index in [2.05, 4.69) is 30.9 Å². The molecule has 1 nitrogen and oxygen atoms in total. The normalized spacial score (nSPS) is 27.9. The van der Waals surface area contributed by atoms with Gasteiger partial charge in [0.1, 0.15) is 0 Å². The fourth-order valence-corrected chi connectivity index (χ4v) is 3.21. The molecule has 0 aliphatic heterocycles. The first-order valence-electron chi connectivity index (χ1n) is 6.18. The lowest BCUT2D eigenvalue weighted by molar-refractivity contribution is 0.284. The number of thioether (sulfide) groups is 1. The molecule has 14 heavy (non-hydrogen) atoms. The van der Waals surface area contributed by atoms with Crippen molar-refractivity contribution in [3.63, 3.8) is 0 Å². The van der Waals surface area contributed by atoms with Crippen LogP contribution in [0.15, 0.2) is 0 Å². The first-order chi connectivity index (χ1) is 6.86. The van der Waals surface area contributed by atoms with Crippen LogP contribution in [0.4, 0.5) is 0 Å². The third-order valence-corrected chi connectivity index (χ3v) is 4.08. The summed E-state index contributed by atoms with van der Waals surface area (Å²) < 4.78 is 0. The third kappa shape index (κ3) is 4.70. The summed E-state index contributed by atoms with van der Waals surface area (Å²) >= 11 is 2.10. The SMILES string of the molecule is CCNC1CCCC(CCSCC)C1. The molecule has 0 radical (unpaired) electrons. The molecule has 0 heterocycles. The Morgan fingerprint density at radius 2 is 2.14 bits per heavy atom. The lowest BCUT2D eigenvalue weighted by Crippen LogP contribution is -2.34. The Balaban J connectivity index is 2.12. The van der Waals surface area contributed by atoms with Crippen LogP contribution in [0.1, 0.15) is 46.0 Å². The Bertz CT molecular complexity index is 136. The van der Waals surface area contributed by atoms with Crippen LogP contribution in [0.3, 0.4) is 0 Å². The fraction of sp³-hybridized carbons (Fsp3) is 1.00. The van der Waals surface area contributed by atoms with Gasteiger partial charge in [-0.2, -0.15) is 11.8 Å². The first kappa shape index (κ1) is 12.4. The minimum atomic E-state index is 0.824. The molecule has 1 rings (SSSR count). The number of rotatable bonds is 6. The molecule has 1 N–H and O–H groups in total. The Kier molecular flexibility index (Phi) is 6.70. The summed E-state index contributed by atoms with van der Waals surface area (Å²) in [5.41, 5.74) is 0. The smallest absolute Gasteiger partial charge is 0.00695 e. The van der Waals surface area contributed by atoms with Crippen molar-refractivity contribution in [2.24, 2.45) is 5.92 Å². The average molecular weight is 215 g/mol. The lowest BCUT2D eigenvalue weighted by Gasteiger charge is -2.29. The van der Waals surface area contributed by atoms with Gasteiger partial charge in [0.25, 0.3) is 0 Å². The highest BCUT2D eigenvalue weighted by molar-refractivity contribution is 7.99. The Morgan fingerprint density at radius 1 is 1.29 bits per heavy atom. The van der Waals surface area contributed by atoms with Gasteiger partial charge in [-0.1, -0.05) is 26.7 Å². The van der Waals surface area contributed by atoms with E-state index in [0.29, 0.717) is 0 Å². The fourth-order valence-electron chi connectivity index (χ4n) is 2.42. The van der Waals surface area contributed by atoms with Crippen LogP contribution < -0.4 is 5.32 Å². The summed E-state index contributed by atoms with van der Waals surface area (Å²) in [6.45, 7) is 5.62. The van der Waals surface area contributed by atoms with Crippen LogP contribution in [0.5, 0.6) is 0 Å². The van der Waals surface area contributed by atoms with Gasteiger partial charge in [-0.3, -0.25) is 0 Å². The van der Waals surface area contributed by atoms with E-state index in [1.807, 2.05) is 0 Å². The zero-order valence-electron chi connectivity index (χ0n) is 9.72. The molecule has 1 saturated carbocycles. The van der Waals surface area contributed by atoms with Crippen LogP contribution in [-0.4, -0.2) is 24.1 Å². The van der Waals surface area contributed by atoms with E-state index in [4.69, 9.17) is 0 Å². The second kappa shape index (κ2) is 7.58. The molecule has 0 amide bonds. The number of hydrogen-bond acceptors (Lipinski definition) is 2. The van der Waals surface area contributed by atoms with Gasteiger partial charge in [0.2, 0.25) is 0 Å². The standard InChI is InChI=1S/C12H25NS/c1-3-13-12-7-5-6-11(10-12)8-9-14-4-2/h11-13H,3-10H2,1-2H3. The minimum Gasteiger partial charge on any atom is -0.314 e. The number of nitrogens with one attached hydrogen (secondary N) is 1. The van der Waals surface area contributed by atoms with E-state index in [-0.39, 0.29) is 0 Å². The van der Waals surface area contributed by atoms with Gasteiger partial charge in [-0.05, 0) is 43.2 Å². The highest BCUT2D eigenvalue weighted by atomic mass is 32.2. The molecular weight excluding hydrogens is 190 g/mol. The van der Waals surface area contributed by atoms with E-state index >= 15 is 0 Å². The second-order valence-electron chi connectivity index (χ2n) is 4.27. The van der Waals surface area contributed by atoms with E-state index in [0.717, 1.165) is 18.5 Å². The summed E-state index contributed by atoms with van der Waals surface area (Å²) in [5.74, 6) is 3.66. The topological polar surface area (TPSA) is 12.0 Å². The molecule has 0 aromatic rings. The molecule has 2 heteroatoms. The van der Waals surface area contributed by atoms with Crippen molar-refractivity contribution in [3.8, 4) is 0 Å². The van der Waals surface area contributed by atoms with Crippen LogP contribution in [0, 0.1) is 5.92 Å². The van der Waals surface area contributed by atoms with Crippen molar-refractivity contribution in [2.45, 2.75) is 52.0 Å². The van der Waals surface area contributed by atoms with Gasteiger partial charge in [0.05, 0.1) is 0 Å². The molecule has 0 bridgehead atoms. The van der Waals surface area contributed by atoms with E-state index in [1.165, 1.54) is 43.6 Å². The van der Waals surface area contributed by atoms with Crippen molar-refractivity contribution in [2.75, 3.05) is 18.1 Å². The summed E-state index contributed by atoms with van der Waals surface area (Å²) in [6.07, 6.45) is 7.20. The molecule has 1 aliphatic carbocycles. The molecule has 0 aromatic heterocycles. The molecule has 0 aromatic carbocycles. The van der Waals surface area contributed by atoms with E-state index < -0.39 is 0 Å². The largest absolute Gasteiger partial charge is 0.314 e. The highest BCUT2D eigenvalue weighted by Crippen LogP contribution is 2.27. The molecule has 84 valence electrons. The maximum atomic E-state index is 3.60. The van der Waals surface area contributed by atoms with Gasteiger partial charge in [-0.15, -0.1) is 0 Å². The first-order valence-corrected chi connectivity index (χ1v) is 7.33. The molecule has 0 saturated heterocycles. The van der Waals surface area contributed by atoms with Gasteiger partial charge in [-0.25, -0.2) is 0 Å². The zero-order valence-corrected chi connectivity index (χ0v) is 10.5. The van der Waals surface area contributed by atoms with E-state index in [9.17, 15) is 0 Å². The second-order valence-corrected chi connectivity index (χ2v) is 5.67. The maximum absolute atomic E-state index is 3.60. The Labute approximate surface area is 93.4 Å². The molecule has 1 aliphatic rings. The average Bonchev–Trinajstić information content (AvgIpc) is 2.19. The predicted octanol–water partition coefficient (Wildman–Crippen LogP) is 3.30. The van der Waals surface area contributed by atoms with Gasteiger partial charge >= 0.3 is 0 Å². The van der Waals surface area contributed by atoms with Gasteiger partial charge in [0.15, 0.2) is 0 Å². The molecule has 2 unspecified atom stereocenters. The zero-order chi connectivity index (χ0) is 10.2. The Morgan fingerprint density at radius 3 is 2.86 bits per heavy atom. The van der Waals surface area contributed by atoms with Crippen molar-refractivity contribution in [3.05, 3.63) is 0 Å². The van der Waals surface area contributed by atoms with Gasteiger partial charge in [0, 0.05) is 6.04 Å².